The molecule has 0 aliphatic carbocycles. The minimum absolute atomic E-state index is 0.0337. The van der Waals surface area contributed by atoms with E-state index in [-0.39, 0.29) is 28.7 Å². The van der Waals surface area contributed by atoms with Crippen molar-refractivity contribution >= 4 is 37.3 Å². The first-order valence-electron chi connectivity index (χ1n) is 9.39. The number of carbonyl (C=O) groups excluding carboxylic acids is 1. The van der Waals surface area contributed by atoms with Crippen LogP contribution < -0.4 is 13.8 Å². The zero-order chi connectivity index (χ0) is 22.3. The van der Waals surface area contributed by atoms with E-state index in [0.717, 1.165) is 17.2 Å². The van der Waals surface area contributed by atoms with Gasteiger partial charge in [0, 0.05) is 5.69 Å². The number of sulfonamides is 2. The molecule has 30 heavy (non-hydrogen) atoms. The van der Waals surface area contributed by atoms with Crippen LogP contribution >= 0.6 is 0 Å². The fraction of sp³-hybridized carbons (Fsp3) is 0.350. The van der Waals surface area contributed by atoms with Gasteiger partial charge >= 0.3 is 0 Å². The number of ether oxygens (including phenoxy) is 1. The highest BCUT2D eigenvalue weighted by Gasteiger charge is 2.42. The number of rotatable bonds is 6. The summed E-state index contributed by atoms with van der Waals surface area (Å²) in [7, 11) is -8.00. The highest BCUT2D eigenvalue weighted by atomic mass is 32.2. The molecule has 0 bridgehead atoms. The Kier molecular flexibility index (Phi) is 5.83. The van der Waals surface area contributed by atoms with Crippen LogP contribution in [0.5, 0.6) is 5.75 Å². The topological polar surface area (TPSA) is 110 Å². The van der Waals surface area contributed by atoms with Gasteiger partial charge in [-0.3, -0.25) is 9.52 Å². The zero-order valence-electron chi connectivity index (χ0n) is 17.2. The van der Waals surface area contributed by atoms with Gasteiger partial charge in [-0.15, -0.1) is 0 Å². The molecule has 162 valence electrons. The van der Waals surface area contributed by atoms with E-state index in [9.17, 15) is 21.6 Å². The summed E-state index contributed by atoms with van der Waals surface area (Å²) in [4.78, 5) is 12.2. The fourth-order valence-corrected chi connectivity index (χ4v) is 6.46. The summed E-state index contributed by atoms with van der Waals surface area (Å²) in [5, 5.41) is 0. The number of nitrogens with zero attached hydrogens (tertiary/aromatic N) is 1. The number of hydrogen-bond donors (Lipinski definition) is 1. The fourth-order valence-electron chi connectivity index (χ4n) is 3.44. The summed E-state index contributed by atoms with van der Waals surface area (Å²) in [6.07, 6.45) is 0. The van der Waals surface area contributed by atoms with Crippen LogP contribution in [0.1, 0.15) is 25.0 Å². The molecule has 3 rings (SSSR count). The molecule has 1 heterocycles. The highest BCUT2D eigenvalue weighted by molar-refractivity contribution is 7.94. The number of benzene rings is 2. The molecule has 1 aliphatic rings. The Hall–Kier alpha value is -2.59. The van der Waals surface area contributed by atoms with Gasteiger partial charge in [0.1, 0.15) is 10.6 Å². The smallest absolute Gasteiger partial charge is 0.265 e. The van der Waals surface area contributed by atoms with Gasteiger partial charge in [0.25, 0.3) is 10.0 Å². The van der Waals surface area contributed by atoms with Crippen molar-refractivity contribution in [2.45, 2.75) is 32.6 Å². The summed E-state index contributed by atoms with van der Waals surface area (Å²) in [5.41, 5.74) is 2.11. The molecule has 1 unspecified atom stereocenters. The molecule has 8 nitrogen and oxygen atoms in total. The number of hydrogen-bond acceptors (Lipinski definition) is 6. The summed E-state index contributed by atoms with van der Waals surface area (Å²) in [5.74, 6) is -1.54. The van der Waals surface area contributed by atoms with Gasteiger partial charge in [0.15, 0.2) is 0 Å². The average Bonchev–Trinajstić information content (AvgIpc) is 2.81. The summed E-state index contributed by atoms with van der Waals surface area (Å²) in [6, 6.07) is 9.17. The Labute approximate surface area is 177 Å². The molecule has 1 aliphatic heterocycles. The lowest BCUT2D eigenvalue weighted by molar-refractivity contribution is -0.119. The Morgan fingerprint density at radius 1 is 1.13 bits per heavy atom. The maximum absolute atomic E-state index is 13.2. The standard InChI is InChI=1S/C20H24N2O6S2/c1-5-28-18-7-6-17(22-20(23)15(4)12-29(22,24)25)11-19(18)30(26,27)21-16-9-13(2)8-14(3)10-16/h6-11,15,21H,5,12H2,1-4H3. The molecule has 1 amide bonds. The van der Waals surface area contributed by atoms with Crippen LogP contribution in [0.4, 0.5) is 11.4 Å². The quantitative estimate of drug-likeness (QED) is 0.722. The second-order valence-corrected chi connectivity index (χ2v) is 10.8. The largest absolute Gasteiger partial charge is 0.492 e. The van der Waals surface area contributed by atoms with Gasteiger partial charge in [-0.2, -0.15) is 0 Å². The number of anilines is 2. The van der Waals surface area contributed by atoms with Crippen LogP contribution in [-0.4, -0.2) is 35.1 Å². The molecular formula is C20H24N2O6S2. The third-order valence-electron chi connectivity index (χ3n) is 4.59. The molecule has 0 spiro atoms. The van der Waals surface area contributed by atoms with Crippen LogP contribution in [0.2, 0.25) is 0 Å². The summed E-state index contributed by atoms with van der Waals surface area (Å²) in [6.45, 7) is 7.14. The van der Waals surface area contributed by atoms with E-state index in [1.807, 2.05) is 19.9 Å². The Morgan fingerprint density at radius 2 is 1.77 bits per heavy atom. The van der Waals surface area contributed by atoms with Crippen LogP contribution in [0.25, 0.3) is 0 Å². The van der Waals surface area contributed by atoms with Crippen LogP contribution in [-0.2, 0) is 24.8 Å². The van der Waals surface area contributed by atoms with Crippen LogP contribution in [0.15, 0.2) is 41.3 Å². The molecule has 10 heteroatoms. The molecule has 0 radical (unpaired) electrons. The average molecular weight is 453 g/mol. The van der Waals surface area contributed by atoms with Crippen LogP contribution in [0, 0.1) is 19.8 Å². The molecule has 1 fully saturated rings. The number of aryl methyl sites for hydroxylation is 2. The van der Waals surface area contributed by atoms with Crippen molar-refractivity contribution in [2.75, 3.05) is 21.4 Å². The lowest BCUT2D eigenvalue weighted by Gasteiger charge is -2.19. The van der Waals surface area contributed by atoms with Crippen molar-refractivity contribution in [3.8, 4) is 5.75 Å². The van der Waals surface area contributed by atoms with Crippen LogP contribution in [0.3, 0.4) is 0 Å². The molecule has 2 aromatic rings. The third-order valence-corrected chi connectivity index (χ3v) is 7.86. The first-order chi connectivity index (χ1) is 13.9. The Balaban J connectivity index is 2.10. The van der Waals surface area contributed by atoms with Crippen molar-refractivity contribution in [3.05, 3.63) is 47.5 Å². The Bertz CT molecular complexity index is 1190. The molecular weight excluding hydrogens is 428 g/mol. The van der Waals surface area contributed by atoms with E-state index >= 15 is 0 Å². The van der Waals surface area contributed by atoms with Crippen molar-refractivity contribution in [2.24, 2.45) is 5.92 Å². The second-order valence-electron chi connectivity index (χ2n) is 7.33. The van der Waals surface area contributed by atoms with E-state index in [1.54, 1.807) is 19.1 Å². The predicted octanol–water partition coefficient (Wildman–Crippen LogP) is 2.82. The molecule has 1 saturated heterocycles. The van der Waals surface area contributed by atoms with Crippen molar-refractivity contribution < 1.29 is 26.4 Å². The van der Waals surface area contributed by atoms with Gasteiger partial charge in [-0.05, 0) is 62.2 Å². The highest BCUT2D eigenvalue weighted by Crippen LogP contribution is 2.35. The zero-order valence-corrected chi connectivity index (χ0v) is 18.8. The monoisotopic (exact) mass is 452 g/mol. The first kappa shape index (κ1) is 22.1. The maximum Gasteiger partial charge on any atom is 0.265 e. The normalized spacial score (nSPS) is 18.5. The second kappa shape index (κ2) is 7.92. The minimum Gasteiger partial charge on any atom is -0.492 e. The predicted molar refractivity (Wildman–Crippen MR) is 115 cm³/mol. The maximum atomic E-state index is 13.2. The first-order valence-corrected chi connectivity index (χ1v) is 12.5. The molecule has 1 N–H and O–H groups in total. The van der Waals surface area contributed by atoms with Crippen molar-refractivity contribution in [1.82, 2.24) is 0 Å². The van der Waals surface area contributed by atoms with E-state index in [0.29, 0.717) is 9.99 Å². The summed E-state index contributed by atoms with van der Waals surface area (Å²) >= 11 is 0. The lowest BCUT2D eigenvalue weighted by atomic mass is 10.1. The number of nitrogens with one attached hydrogen (secondary N) is 1. The van der Waals surface area contributed by atoms with Gasteiger partial charge in [0.05, 0.1) is 24.0 Å². The summed E-state index contributed by atoms with van der Waals surface area (Å²) < 4.78 is 59.8. The molecule has 0 aromatic heterocycles. The number of amides is 1. The van der Waals surface area contributed by atoms with Gasteiger partial charge in [0.2, 0.25) is 15.9 Å². The van der Waals surface area contributed by atoms with Gasteiger partial charge in [-0.1, -0.05) is 13.0 Å². The van der Waals surface area contributed by atoms with E-state index in [2.05, 4.69) is 4.72 Å². The lowest BCUT2D eigenvalue weighted by Crippen LogP contribution is -2.30. The Morgan fingerprint density at radius 3 is 2.30 bits per heavy atom. The third kappa shape index (κ3) is 4.29. The van der Waals surface area contributed by atoms with E-state index < -0.39 is 31.9 Å². The minimum atomic E-state index is -4.13. The van der Waals surface area contributed by atoms with Crippen molar-refractivity contribution in [1.29, 1.82) is 0 Å². The van der Waals surface area contributed by atoms with Gasteiger partial charge in [-0.25, -0.2) is 21.1 Å². The SMILES string of the molecule is CCOc1ccc(N2C(=O)C(C)CS2(=O)=O)cc1S(=O)(=O)Nc1cc(C)cc(C)c1. The molecule has 1 atom stereocenters. The molecule has 2 aromatic carbocycles. The van der Waals surface area contributed by atoms with Crippen molar-refractivity contribution in [3.63, 3.8) is 0 Å². The molecule has 0 saturated carbocycles. The van der Waals surface area contributed by atoms with E-state index in [4.69, 9.17) is 4.74 Å². The van der Waals surface area contributed by atoms with E-state index in [1.165, 1.54) is 19.1 Å². The van der Waals surface area contributed by atoms with Gasteiger partial charge < -0.3 is 4.74 Å². The number of carbonyl (C=O) groups is 1.